The van der Waals surface area contributed by atoms with Gasteiger partial charge in [-0.1, -0.05) is 189 Å². The molecule has 0 rings (SSSR count). The first-order chi connectivity index (χ1) is 26.2. The van der Waals surface area contributed by atoms with Crippen molar-refractivity contribution in [1.29, 1.82) is 0 Å². The Hall–Kier alpha value is -1.03. The highest BCUT2D eigenvalue weighted by atomic mass is 31.2. The lowest BCUT2D eigenvalue weighted by molar-refractivity contribution is -0.161. The zero-order valence-corrected chi connectivity index (χ0v) is 37.0. The predicted octanol–water partition coefficient (Wildman–Crippen LogP) is 11.8. The largest absolute Gasteiger partial charge is 0.472 e. The fourth-order valence-corrected chi connectivity index (χ4v) is 7.01. The van der Waals surface area contributed by atoms with Gasteiger partial charge < -0.3 is 25.0 Å². The summed E-state index contributed by atoms with van der Waals surface area (Å²) in [4.78, 5) is 37.1. The average molecular weight is 793 g/mol. The number of ether oxygens (including phenoxy) is 2. The van der Waals surface area contributed by atoms with Crippen LogP contribution in [0.4, 0.5) is 0 Å². The van der Waals surface area contributed by atoms with Crippen LogP contribution in [0.3, 0.4) is 0 Å². The van der Waals surface area contributed by atoms with Crippen molar-refractivity contribution in [1.82, 2.24) is 4.90 Å². The zero-order chi connectivity index (χ0) is 40.4. The van der Waals surface area contributed by atoms with Gasteiger partial charge in [0.15, 0.2) is 6.10 Å². The molecular formula is C43H89N2O8P. The number of hydrogen-bond donors (Lipinski definition) is 2. The third-order valence-electron chi connectivity index (χ3n) is 9.83. The van der Waals surface area contributed by atoms with E-state index >= 15 is 0 Å². The van der Waals surface area contributed by atoms with Crippen LogP contribution >= 0.6 is 7.82 Å². The van der Waals surface area contributed by atoms with Gasteiger partial charge in [0.05, 0.1) is 13.2 Å². The van der Waals surface area contributed by atoms with Crippen molar-refractivity contribution < 1.29 is 37.6 Å². The van der Waals surface area contributed by atoms with Gasteiger partial charge in [-0.15, -0.1) is 0 Å². The fourth-order valence-electron chi connectivity index (χ4n) is 6.25. The number of nitrogens with two attached hydrogens (primary N) is 1. The topological polar surface area (TPSA) is 138 Å². The molecule has 54 heavy (non-hydrogen) atoms. The van der Waals surface area contributed by atoms with Crippen molar-refractivity contribution in [2.24, 2.45) is 5.73 Å². The molecule has 1 unspecified atom stereocenters. The van der Waals surface area contributed by atoms with Crippen molar-refractivity contribution in [3.63, 3.8) is 0 Å². The molecule has 0 spiro atoms. The van der Waals surface area contributed by atoms with Gasteiger partial charge in [-0.25, -0.2) is 4.57 Å². The molecule has 0 radical (unpaired) electrons. The molecule has 11 heteroatoms. The quantitative estimate of drug-likeness (QED) is 0.0350. The molecule has 0 aliphatic carbocycles. The van der Waals surface area contributed by atoms with Crippen LogP contribution in [0.15, 0.2) is 0 Å². The van der Waals surface area contributed by atoms with Crippen LogP contribution < -0.4 is 5.73 Å². The van der Waals surface area contributed by atoms with E-state index in [4.69, 9.17) is 24.3 Å². The lowest BCUT2D eigenvalue weighted by Gasteiger charge is -2.19. The maximum Gasteiger partial charge on any atom is 0.472 e. The highest BCUT2D eigenvalue weighted by Gasteiger charge is 2.26. The Morgan fingerprint density at radius 3 is 1.22 bits per heavy atom. The van der Waals surface area contributed by atoms with Crippen molar-refractivity contribution in [3.8, 4) is 0 Å². The summed E-state index contributed by atoms with van der Waals surface area (Å²) in [7, 11) is -4.36. The van der Waals surface area contributed by atoms with Gasteiger partial charge in [-0.05, 0) is 32.5 Å². The molecule has 0 bridgehead atoms. The molecule has 0 fully saturated rings. The molecule has 0 aliphatic heterocycles. The van der Waals surface area contributed by atoms with Crippen molar-refractivity contribution in [3.05, 3.63) is 0 Å². The van der Waals surface area contributed by atoms with E-state index in [2.05, 4.69) is 39.5 Å². The van der Waals surface area contributed by atoms with E-state index in [0.29, 0.717) is 6.42 Å². The van der Waals surface area contributed by atoms with Gasteiger partial charge in [0.2, 0.25) is 0 Å². The molecule has 0 aromatic heterocycles. The first-order valence-electron chi connectivity index (χ1n) is 22.6. The Balaban J connectivity index is 0. The minimum atomic E-state index is -4.36. The second kappa shape index (κ2) is 43.1. The summed E-state index contributed by atoms with van der Waals surface area (Å²) >= 11 is 0. The number of nitrogens with zero attached hydrogens (tertiary/aromatic N) is 1. The average Bonchev–Trinajstić information content (AvgIpc) is 3.16. The second-order valence-corrected chi connectivity index (χ2v) is 16.2. The molecule has 0 saturated heterocycles. The summed E-state index contributed by atoms with van der Waals surface area (Å²) in [5.74, 6) is -0.818. The zero-order valence-electron chi connectivity index (χ0n) is 36.1. The Kier molecular flexibility index (Phi) is 44.0. The third kappa shape index (κ3) is 42.1. The van der Waals surface area contributed by atoms with Gasteiger partial charge in [0.1, 0.15) is 6.61 Å². The number of hydrogen-bond acceptors (Lipinski definition) is 9. The van der Waals surface area contributed by atoms with Crippen LogP contribution in [0, 0.1) is 0 Å². The van der Waals surface area contributed by atoms with Crippen LogP contribution in [-0.2, 0) is 32.7 Å². The van der Waals surface area contributed by atoms with E-state index in [9.17, 15) is 19.0 Å². The number of carbonyl (C=O) groups is 2. The highest BCUT2D eigenvalue weighted by Crippen LogP contribution is 2.43. The van der Waals surface area contributed by atoms with Crippen LogP contribution in [0.5, 0.6) is 0 Å². The van der Waals surface area contributed by atoms with Crippen molar-refractivity contribution >= 4 is 19.8 Å². The van der Waals surface area contributed by atoms with E-state index in [1.165, 1.54) is 148 Å². The number of phosphoric acid groups is 1. The molecular weight excluding hydrogens is 703 g/mol. The van der Waals surface area contributed by atoms with Crippen molar-refractivity contribution in [2.75, 3.05) is 46.0 Å². The van der Waals surface area contributed by atoms with Gasteiger partial charge in [-0.2, -0.15) is 0 Å². The molecule has 2 atom stereocenters. The Labute approximate surface area is 333 Å². The SMILES string of the molecule is CCCCCCCCCCCCCCCC(=O)OC[C@H](COP(=O)(O)OCCN)OC(=O)CCCCCCCCCCCCCCC.CCN(CC)CC. The lowest BCUT2D eigenvalue weighted by atomic mass is 10.0. The number of phosphoric ester groups is 1. The van der Waals surface area contributed by atoms with Gasteiger partial charge in [0.25, 0.3) is 0 Å². The van der Waals surface area contributed by atoms with E-state index in [0.717, 1.165) is 32.1 Å². The molecule has 10 nitrogen and oxygen atoms in total. The third-order valence-corrected chi connectivity index (χ3v) is 10.8. The number of carbonyl (C=O) groups excluding carboxylic acids is 2. The smallest absolute Gasteiger partial charge is 0.462 e. The van der Waals surface area contributed by atoms with E-state index in [-0.39, 0.29) is 38.6 Å². The van der Waals surface area contributed by atoms with Gasteiger partial charge in [0, 0.05) is 19.4 Å². The maximum atomic E-state index is 12.5. The normalized spacial score (nSPS) is 13.0. The number of rotatable bonds is 40. The Morgan fingerprint density at radius 1 is 0.537 bits per heavy atom. The van der Waals surface area contributed by atoms with E-state index < -0.39 is 26.5 Å². The summed E-state index contributed by atoms with van der Waals surface area (Å²) in [6.07, 6.45) is 31.2. The molecule has 0 saturated carbocycles. The van der Waals surface area contributed by atoms with Crippen LogP contribution in [0.25, 0.3) is 0 Å². The molecule has 3 N–H and O–H groups in total. The second-order valence-electron chi connectivity index (χ2n) is 14.8. The molecule has 0 aliphatic rings. The molecule has 0 amide bonds. The summed E-state index contributed by atoms with van der Waals surface area (Å²) < 4.78 is 32.7. The molecule has 324 valence electrons. The monoisotopic (exact) mass is 793 g/mol. The minimum Gasteiger partial charge on any atom is -0.462 e. The summed E-state index contributed by atoms with van der Waals surface area (Å²) in [6, 6.07) is 0. The summed E-state index contributed by atoms with van der Waals surface area (Å²) in [5, 5.41) is 0. The predicted molar refractivity (Wildman–Crippen MR) is 226 cm³/mol. The Morgan fingerprint density at radius 2 is 0.889 bits per heavy atom. The maximum absolute atomic E-state index is 12.5. The van der Waals surface area contributed by atoms with Gasteiger partial charge >= 0.3 is 19.8 Å². The Bertz CT molecular complexity index is 841. The van der Waals surface area contributed by atoms with Gasteiger partial charge in [-0.3, -0.25) is 18.6 Å². The minimum absolute atomic E-state index is 0.0578. The summed E-state index contributed by atoms with van der Waals surface area (Å²) in [6.45, 7) is 13.9. The summed E-state index contributed by atoms with van der Waals surface area (Å²) in [5.41, 5.74) is 5.33. The molecule has 0 aromatic carbocycles. The van der Waals surface area contributed by atoms with E-state index in [1.54, 1.807) is 0 Å². The number of unbranched alkanes of at least 4 members (excludes halogenated alkanes) is 24. The van der Waals surface area contributed by atoms with Crippen LogP contribution in [-0.4, -0.2) is 73.8 Å². The number of esters is 2. The fraction of sp³-hybridized carbons (Fsp3) is 0.953. The van der Waals surface area contributed by atoms with E-state index in [1.807, 2.05) is 0 Å². The first kappa shape index (κ1) is 55.1. The molecule has 0 aromatic rings. The first-order valence-corrected chi connectivity index (χ1v) is 24.1. The lowest BCUT2D eigenvalue weighted by Crippen LogP contribution is -2.29. The van der Waals surface area contributed by atoms with Crippen molar-refractivity contribution in [2.45, 2.75) is 221 Å². The van der Waals surface area contributed by atoms with Crippen LogP contribution in [0.2, 0.25) is 0 Å². The molecule has 0 heterocycles. The van der Waals surface area contributed by atoms with Crippen LogP contribution in [0.1, 0.15) is 214 Å². The standard InChI is InChI=1S/C37H74NO8P.C6H15N/c1-3-5-7-9-11-13-15-17-19-21-23-25-27-29-36(39)43-33-35(34-45-47(41,42)44-32-31-38)46-37(40)30-28-26-24-22-20-18-16-14-12-10-8-6-4-2;1-4-7(5-2)6-3/h35H,3-34,38H2,1-2H3,(H,41,42);4-6H2,1-3H3/t35-;/m1./s1. The highest BCUT2D eigenvalue weighted by molar-refractivity contribution is 7.47.